The average Bonchev–Trinajstić information content (AvgIpc) is 2.89. The Labute approximate surface area is 131 Å². The molecule has 0 atom stereocenters. The number of anilines is 1. The van der Waals surface area contributed by atoms with Crippen LogP contribution in [0.1, 0.15) is 26.7 Å². The molecule has 0 aliphatic rings. The van der Waals surface area contributed by atoms with Gasteiger partial charge in [-0.15, -0.1) is 0 Å². The molecule has 8 nitrogen and oxygen atoms in total. The minimum Gasteiger partial charge on any atom is -0.476 e. The van der Waals surface area contributed by atoms with Crippen molar-refractivity contribution in [1.29, 1.82) is 0 Å². The van der Waals surface area contributed by atoms with E-state index in [1.54, 1.807) is 0 Å². The SMILES string of the molecule is Cn1ncc(NC(=O)c2c(Cl)c(C(F)(F)F)nn2C)c1C(=O)O. The van der Waals surface area contributed by atoms with Gasteiger partial charge in [0.1, 0.15) is 10.7 Å². The van der Waals surface area contributed by atoms with Crippen molar-refractivity contribution in [2.24, 2.45) is 14.1 Å². The van der Waals surface area contributed by atoms with Crippen LogP contribution in [0.15, 0.2) is 6.20 Å². The number of alkyl halides is 3. The molecule has 0 fully saturated rings. The molecule has 2 heterocycles. The fourth-order valence-corrected chi connectivity index (χ4v) is 2.24. The van der Waals surface area contributed by atoms with E-state index in [1.165, 1.54) is 7.05 Å². The number of hydrogen-bond acceptors (Lipinski definition) is 4. The number of nitrogens with zero attached hydrogens (tertiary/aromatic N) is 4. The van der Waals surface area contributed by atoms with E-state index in [0.29, 0.717) is 4.68 Å². The van der Waals surface area contributed by atoms with E-state index in [-0.39, 0.29) is 11.4 Å². The van der Waals surface area contributed by atoms with Crippen molar-refractivity contribution < 1.29 is 27.9 Å². The van der Waals surface area contributed by atoms with E-state index in [4.69, 9.17) is 16.7 Å². The second-order valence-electron chi connectivity index (χ2n) is 4.42. The first-order valence-corrected chi connectivity index (χ1v) is 6.28. The highest BCUT2D eigenvalue weighted by atomic mass is 35.5. The number of halogens is 4. The molecule has 2 aromatic rings. The fourth-order valence-electron chi connectivity index (χ4n) is 1.89. The molecule has 124 valence electrons. The molecule has 1 amide bonds. The van der Waals surface area contributed by atoms with E-state index < -0.39 is 34.5 Å². The summed E-state index contributed by atoms with van der Waals surface area (Å²) in [6.07, 6.45) is -3.77. The third-order valence-corrected chi connectivity index (χ3v) is 3.22. The summed E-state index contributed by atoms with van der Waals surface area (Å²) in [4.78, 5) is 23.2. The minimum atomic E-state index is -4.83. The zero-order valence-corrected chi connectivity index (χ0v) is 12.4. The number of carboxylic acid groups (broad SMARTS) is 1. The largest absolute Gasteiger partial charge is 0.476 e. The molecule has 0 aliphatic carbocycles. The highest BCUT2D eigenvalue weighted by Crippen LogP contribution is 2.35. The van der Waals surface area contributed by atoms with Crippen molar-refractivity contribution in [3.8, 4) is 0 Å². The van der Waals surface area contributed by atoms with Gasteiger partial charge >= 0.3 is 12.1 Å². The Morgan fingerprint density at radius 1 is 1.26 bits per heavy atom. The molecular formula is C11H9ClF3N5O3. The van der Waals surface area contributed by atoms with E-state index in [1.807, 2.05) is 0 Å². The third-order valence-electron chi connectivity index (χ3n) is 2.86. The number of amides is 1. The van der Waals surface area contributed by atoms with Gasteiger partial charge < -0.3 is 10.4 Å². The first-order valence-electron chi connectivity index (χ1n) is 5.90. The quantitative estimate of drug-likeness (QED) is 0.877. The second-order valence-corrected chi connectivity index (χ2v) is 4.80. The number of hydrogen-bond donors (Lipinski definition) is 2. The fraction of sp³-hybridized carbons (Fsp3) is 0.273. The number of carbonyl (C=O) groups is 2. The van der Waals surface area contributed by atoms with Gasteiger partial charge in [-0.05, 0) is 0 Å². The Hall–Kier alpha value is -2.56. The van der Waals surface area contributed by atoms with Gasteiger partial charge in [0.05, 0.1) is 11.9 Å². The molecule has 2 aromatic heterocycles. The first kappa shape index (κ1) is 16.8. The summed E-state index contributed by atoms with van der Waals surface area (Å²) in [6, 6.07) is 0. The zero-order chi connectivity index (χ0) is 17.5. The van der Waals surface area contributed by atoms with Crippen LogP contribution in [0.25, 0.3) is 0 Å². The molecule has 2 N–H and O–H groups in total. The molecule has 0 radical (unpaired) electrons. The Kier molecular flexibility index (Phi) is 4.07. The lowest BCUT2D eigenvalue weighted by molar-refractivity contribution is -0.141. The molecule has 2 rings (SSSR count). The topological polar surface area (TPSA) is 102 Å². The Balaban J connectivity index is 2.40. The average molecular weight is 352 g/mol. The molecule has 0 spiro atoms. The molecule has 0 saturated carbocycles. The standard InChI is InChI=1S/C11H9ClF3N5O3/c1-19-6(10(22)23)4(3-16-19)17-9(21)7-5(12)8(11(13,14)15)18-20(7)2/h3H,1-2H3,(H,17,21)(H,22,23). The summed E-state index contributed by atoms with van der Waals surface area (Å²) < 4.78 is 39.8. The maximum atomic E-state index is 12.7. The van der Waals surface area contributed by atoms with Crippen molar-refractivity contribution in [3.63, 3.8) is 0 Å². The number of rotatable bonds is 3. The van der Waals surface area contributed by atoms with E-state index >= 15 is 0 Å². The van der Waals surface area contributed by atoms with Crippen molar-refractivity contribution in [3.05, 3.63) is 28.3 Å². The van der Waals surface area contributed by atoms with Crippen LogP contribution in [-0.4, -0.2) is 36.5 Å². The number of aryl methyl sites for hydroxylation is 2. The lowest BCUT2D eigenvalue weighted by Gasteiger charge is -2.05. The van der Waals surface area contributed by atoms with Crippen LogP contribution >= 0.6 is 11.6 Å². The number of carbonyl (C=O) groups excluding carboxylic acids is 1. The van der Waals surface area contributed by atoms with E-state index in [9.17, 15) is 22.8 Å². The summed E-state index contributed by atoms with van der Waals surface area (Å²) in [5.41, 5.74) is -2.49. The smallest absolute Gasteiger partial charge is 0.436 e. The maximum absolute atomic E-state index is 12.7. The second kappa shape index (κ2) is 5.57. The van der Waals surface area contributed by atoms with Gasteiger partial charge in [-0.1, -0.05) is 11.6 Å². The molecular weight excluding hydrogens is 343 g/mol. The van der Waals surface area contributed by atoms with Gasteiger partial charge in [-0.25, -0.2) is 4.79 Å². The lowest BCUT2D eigenvalue weighted by Crippen LogP contribution is -2.18. The van der Waals surface area contributed by atoms with Crippen LogP contribution in [0.5, 0.6) is 0 Å². The van der Waals surface area contributed by atoms with Crippen LogP contribution < -0.4 is 5.32 Å². The summed E-state index contributed by atoms with van der Waals surface area (Å²) in [6.45, 7) is 0. The van der Waals surface area contributed by atoms with Gasteiger partial charge in [0, 0.05) is 14.1 Å². The summed E-state index contributed by atoms with van der Waals surface area (Å²) in [7, 11) is 2.44. The highest BCUT2D eigenvalue weighted by molar-refractivity contribution is 6.35. The van der Waals surface area contributed by atoms with Crippen LogP contribution in [0.3, 0.4) is 0 Å². The molecule has 0 unspecified atom stereocenters. The normalized spacial score (nSPS) is 11.6. The summed E-state index contributed by atoms with van der Waals surface area (Å²) in [5.74, 6) is -2.41. The van der Waals surface area contributed by atoms with E-state index in [2.05, 4.69) is 15.5 Å². The van der Waals surface area contributed by atoms with Crippen LogP contribution in [0, 0.1) is 0 Å². The summed E-state index contributed by atoms with van der Waals surface area (Å²) >= 11 is 5.58. The number of aromatic carboxylic acids is 1. The van der Waals surface area contributed by atoms with Crippen molar-refractivity contribution in [2.75, 3.05) is 5.32 Å². The predicted molar refractivity (Wildman–Crippen MR) is 71.3 cm³/mol. The van der Waals surface area contributed by atoms with Gasteiger partial charge in [-0.2, -0.15) is 23.4 Å². The van der Waals surface area contributed by atoms with Crippen LogP contribution in [0.2, 0.25) is 5.02 Å². The van der Waals surface area contributed by atoms with Crippen LogP contribution in [-0.2, 0) is 20.3 Å². The lowest BCUT2D eigenvalue weighted by atomic mass is 10.3. The van der Waals surface area contributed by atoms with Crippen molar-refractivity contribution in [2.45, 2.75) is 6.18 Å². The predicted octanol–water partition coefficient (Wildman–Crippen LogP) is 1.78. The minimum absolute atomic E-state index is 0.184. The van der Waals surface area contributed by atoms with Gasteiger partial charge in [0.2, 0.25) is 0 Å². The highest BCUT2D eigenvalue weighted by Gasteiger charge is 2.39. The molecule has 0 aliphatic heterocycles. The summed E-state index contributed by atoms with van der Waals surface area (Å²) in [5, 5.41) is 17.1. The van der Waals surface area contributed by atoms with Crippen molar-refractivity contribution >= 4 is 29.2 Å². The monoisotopic (exact) mass is 351 g/mol. The number of carboxylic acids is 1. The first-order chi connectivity index (χ1) is 10.5. The molecule has 0 saturated heterocycles. The van der Waals surface area contributed by atoms with Gasteiger partial charge in [0.15, 0.2) is 11.4 Å². The Bertz CT molecular complexity index is 796. The Morgan fingerprint density at radius 2 is 1.87 bits per heavy atom. The molecule has 0 bridgehead atoms. The van der Waals surface area contributed by atoms with Gasteiger partial charge in [0.25, 0.3) is 5.91 Å². The Morgan fingerprint density at radius 3 is 2.35 bits per heavy atom. The number of nitrogens with one attached hydrogen (secondary N) is 1. The van der Waals surface area contributed by atoms with Gasteiger partial charge in [-0.3, -0.25) is 14.2 Å². The molecule has 12 heteroatoms. The maximum Gasteiger partial charge on any atom is 0.436 e. The van der Waals surface area contributed by atoms with Crippen LogP contribution in [0.4, 0.5) is 18.9 Å². The zero-order valence-electron chi connectivity index (χ0n) is 11.6. The van der Waals surface area contributed by atoms with Crippen molar-refractivity contribution in [1.82, 2.24) is 19.6 Å². The molecule has 0 aromatic carbocycles. The third kappa shape index (κ3) is 2.99. The van der Waals surface area contributed by atoms with E-state index in [0.717, 1.165) is 17.9 Å². The number of aromatic nitrogens is 4. The molecule has 23 heavy (non-hydrogen) atoms.